The van der Waals surface area contributed by atoms with Gasteiger partial charge < -0.3 is 4.90 Å². The fourth-order valence-electron chi connectivity index (χ4n) is 2.74. The van der Waals surface area contributed by atoms with Gasteiger partial charge in [0.1, 0.15) is 0 Å². The van der Waals surface area contributed by atoms with Crippen molar-refractivity contribution in [2.45, 2.75) is 30.6 Å². The van der Waals surface area contributed by atoms with E-state index in [1.54, 1.807) is 0 Å². The highest BCUT2D eigenvalue weighted by Crippen LogP contribution is 2.37. The van der Waals surface area contributed by atoms with Crippen LogP contribution in [0, 0.1) is 0 Å². The predicted molar refractivity (Wildman–Crippen MR) is 71.1 cm³/mol. The third-order valence-electron chi connectivity index (χ3n) is 3.69. The first-order chi connectivity index (χ1) is 8.33. The van der Waals surface area contributed by atoms with Gasteiger partial charge in [0.2, 0.25) is 5.91 Å². The maximum atomic E-state index is 12.1. The van der Waals surface area contributed by atoms with Crippen LogP contribution in [0.3, 0.4) is 0 Å². The molecule has 1 aromatic carbocycles. The highest BCUT2D eigenvalue weighted by atomic mass is 32.2. The van der Waals surface area contributed by atoms with E-state index < -0.39 is 0 Å². The van der Waals surface area contributed by atoms with E-state index in [9.17, 15) is 4.79 Å². The summed E-state index contributed by atoms with van der Waals surface area (Å²) in [7, 11) is 0. The zero-order valence-electron chi connectivity index (χ0n) is 9.84. The third kappa shape index (κ3) is 2.34. The molecular weight excluding hydrogens is 230 g/mol. The molecule has 2 aliphatic heterocycles. The van der Waals surface area contributed by atoms with E-state index in [1.807, 2.05) is 30.0 Å². The maximum absolute atomic E-state index is 12.1. The minimum atomic E-state index is 0.349. The zero-order valence-corrected chi connectivity index (χ0v) is 10.7. The molecule has 0 aliphatic carbocycles. The Labute approximate surface area is 106 Å². The Morgan fingerprint density at radius 2 is 2.18 bits per heavy atom. The van der Waals surface area contributed by atoms with Crippen molar-refractivity contribution < 1.29 is 4.79 Å². The van der Waals surface area contributed by atoms with Crippen molar-refractivity contribution >= 4 is 17.7 Å². The standard InChI is InChI=1S/C14H17NOS/c16-14(7-6-11-4-2-1-3-5-11)15-9-13-8-12(15)10-17-13/h1-5,12-13H,6-10H2. The highest BCUT2D eigenvalue weighted by molar-refractivity contribution is 8.00. The molecule has 17 heavy (non-hydrogen) atoms. The number of rotatable bonds is 3. The van der Waals surface area contributed by atoms with Crippen LogP contribution >= 0.6 is 11.8 Å². The Morgan fingerprint density at radius 3 is 2.82 bits per heavy atom. The molecule has 2 nitrogen and oxygen atoms in total. The second-order valence-corrected chi connectivity index (χ2v) is 6.21. The Hall–Kier alpha value is -0.960. The van der Waals surface area contributed by atoms with E-state index in [2.05, 4.69) is 17.0 Å². The van der Waals surface area contributed by atoms with Gasteiger partial charge in [-0.2, -0.15) is 11.8 Å². The van der Waals surface area contributed by atoms with Gasteiger partial charge in [0.25, 0.3) is 0 Å². The normalized spacial score (nSPS) is 26.5. The minimum Gasteiger partial charge on any atom is -0.338 e. The molecule has 2 saturated heterocycles. The quantitative estimate of drug-likeness (QED) is 0.817. The first-order valence-corrected chi connectivity index (χ1v) is 7.33. The molecule has 0 saturated carbocycles. The number of hydrogen-bond donors (Lipinski definition) is 0. The molecule has 1 amide bonds. The van der Waals surface area contributed by atoms with E-state index in [0.29, 0.717) is 18.4 Å². The molecule has 0 aromatic heterocycles. The molecule has 2 heterocycles. The summed E-state index contributed by atoms with van der Waals surface area (Å²) in [5.41, 5.74) is 1.26. The smallest absolute Gasteiger partial charge is 0.223 e. The molecule has 2 bridgehead atoms. The van der Waals surface area contributed by atoms with E-state index in [-0.39, 0.29) is 0 Å². The van der Waals surface area contributed by atoms with Gasteiger partial charge in [-0.25, -0.2) is 0 Å². The SMILES string of the molecule is O=C(CCc1ccccc1)N1CC2CC1CS2. The topological polar surface area (TPSA) is 20.3 Å². The summed E-state index contributed by atoms with van der Waals surface area (Å²) in [6, 6.07) is 10.8. The number of nitrogens with zero attached hydrogens (tertiary/aromatic N) is 1. The van der Waals surface area contributed by atoms with Gasteiger partial charge >= 0.3 is 0 Å². The van der Waals surface area contributed by atoms with Crippen LogP contribution in [0.5, 0.6) is 0 Å². The lowest BCUT2D eigenvalue weighted by atomic mass is 10.1. The summed E-state index contributed by atoms with van der Waals surface area (Å²) >= 11 is 2.03. The van der Waals surface area contributed by atoms with Gasteiger partial charge in [0.15, 0.2) is 0 Å². The molecule has 3 heteroatoms. The van der Waals surface area contributed by atoms with Crippen molar-refractivity contribution in [1.29, 1.82) is 0 Å². The Kier molecular flexibility index (Phi) is 3.10. The summed E-state index contributed by atoms with van der Waals surface area (Å²) in [5, 5.41) is 0.723. The Morgan fingerprint density at radius 1 is 1.35 bits per heavy atom. The van der Waals surface area contributed by atoms with Crippen LogP contribution < -0.4 is 0 Å². The second-order valence-electron chi connectivity index (χ2n) is 4.88. The van der Waals surface area contributed by atoms with Gasteiger partial charge in [0.05, 0.1) is 0 Å². The predicted octanol–water partition coefficient (Wildman–Crippen LogP) is 2.34. The van der Waals surface area contributed by atoms with Gasteiger partial charge in [0, 0.05) is 30.0 Å². The molecular formula is C14H17NOS. The summed E-state index contributed by atoms with van der Waals surface area (Å²) < 4.78 is 0. The number of carbonyl (C=O) groups excluding carboxylic acids is 1. The lowest BCUT2D eigenvalue weighted by molar-refractivity contribution is -0.131. The summed E-state index contributed by atoms with van der Waals surface area (Å²) in [6.07, 6.45) is 2.76. The average Bonchev–Trinajstić information content (AvgIpc) is 2.99. The summed E-state index contributed by atoms with van der Waals surface area (Å²) in [5.74, 6) is 1.50. The maximum Gasteiger partial charge on any atom is 0.223 e. The molecule has 0 N–H and O–H groups in total. The average molecular weight is 247 g/mol. The van der Waals surface area contributed by atoms with Crippen LogP contribution in [0.15, 0.2) is 30.3 Å². The van der Waals surface area contributed by atoms with Crippen molar-refractivity contribution in [1.82, 2.24) is 4.90 Å². The van der Waals surface area contributed by atoms with Gasteiger partial charge in [-0.3, -0.25) is 4.79 Å². The van der Waals surface area contributed by atoms with Crippen LogP contribution in [0.1, 0.15) is 18.4 Å². The zero-order chi connectivity index (χ0) is 11.7. The summed E-state index contributed by atoms with van der Waals surface area (Å²) in [4.78, 5) is 14.2. The number of carbonyl (C=O) groups is 1. The number of fused-ring (bicyclic) bond motifs is 2. The van der Waals surface area contributed by atoms with Crippen LogP contribution in [0.25, 0.3) is 0 Å². The number of amides is 1. The molecule has 2 unspecified atom stereocenters. The monoisotopic (exact) mass is 247 g/mol. The molecule has 1 aromatic rings. The lowest BCUT2D eigenvalue weighted by Crippen LogP contribution is -2.39. The minimum absolute atomic E-state index is 0.349. The fourth-order valence-corrected chi connectivity index (χ4v) is 4.18. The number of aryl methyl sites for hydroxylation is 1. The molecule has 2 aliphatic rings. The van der Waals surface area contributed by atoms with Crippen molar-refractivity contribution in [3.05, 3.63) is 35.9 Å². The fraction of sp³-hybridized carbons (Fsp3) is 0.500. The number of thioether (sulfide) groups is 1. The van der Waals surface area contributed by atoms with E-state index >= 15 is 0 Å². The van der Waals surface area contributed by atoms with E-state index in [4.69, 9.17) is 0 Å². The van der Waals surface area contributed by atoms with E-state index in [1.165, 1.54) is 12.0 Å². The van der Waals surface area contributed by atoms with Crippen molar-refractivity contribution in [2.24, 2.45) is 0 Å². The van der Waals surface area contributed by atoms with E-state index in [0.717, 1.165) is 24.0 Å². The molecule has 2 atom stereocenters. The van der Waals surface area contributed by atoms with Gasteiger partial charge in [-0.05, 0) is 18.4 Å². The highest BCUT2D eigenvalue weighted by Gasteiger charge is 2.40. The lowest BCUT2D eigenvalue weighted by Gasteiger charge is -2.26. The van der Waals surface area contributed by atoms with Crippen molar-refractivity contribution in [3.63, 3.8) is 0 Å². The van der Waals surface area contributed by atoms with Crippen molar-refractivity contribution in [3.8, 4) is 0 Å². The largest absolute Gasteiger partial charge is 0.338 e. The first-order valence-electron chi connectivity index (χ1n) is 6.28. The first kappa shape index (κ1) is 11.1. The van der Waals surface area contributed by atoms with Crippen LogP contribution in [-0.4, -0.2) is 34.4 Å². The number of hydrogen-bond acceptors (Lipinski definition) is 2. The van der Waals surface area contributed by atoms with Gasteiger partial charge in [-0.15, -0.1) is 0 Å². The second kappa shape index (κ2) is 4.73. The van der Waals surface area contributed by atoms with Crippen LogP contribution in [0.2, 0.25) is 0 Å². The third-order valence-corrected chi connectivity index (χ3v) is 5.08. The van der Waals surface area contributed by atoms with Crippen LogP contribution in [0.4, 0.5) is 0 Å². The van der Waals surface area contributed by atoms with Gasteiger partial charge in [-0.1, -0.05) is 30.3 Å². The van der Waals surface area contributed by atoms with Crippen LogP contribution in [-0.2, 0) is 11.2 Å². The van der Waals surface area contributed by atoms with Crippen molar-refractivity contribution in [2.75, 3.05) is 12.3 Å². The Balaban J connectivity index is 1.54. The molecule has 2 fully saturated rings. The molecule has 90 valence electrons. The summed E-state index contributed by atoms with van der Waals surface area (Å²) in [6.45, 7) is 0.989. The molecule has 0 radical (unpaired) electrons. The number of likely N-dealkylation sites (tertiary alicyclic amines) is 1. The Bertz CT molecular complexity index is 406. The number of benzene rings is 1. The molecule has 3 rings (SSSR count). The molecule has 0 spiro atoms.